The summed E-state index contributed by atoms with van der Waals surface area (Å²) < 4.78 is 12.9. The zero-order valence-corrected chi connectivity index (χ0v) is 12.2. The Bertz CT molecular complexity index is 446. The van der Waals surface area contributed by atoms with Crippen molar-refractivity contribution in [1.29, 1.82) is 0 Å². The lowest BCUT2D eigenvalue weighted by molar-refractivity contribution is -0.120. The molecule has 0 aromatic heterocycles. The molecule has 0 radical (unpaired) electrons. The maximum Gasteiger partial charge on any atom is 0.217 e. The van der Waals surface area contributed by atoms with Gasteiger partial charge in [0.1, 0.15) is 5.82 Å². The average Bonchev–Trinajstić information content (AvgIpc) is 2.39. The van der Waals surface area contributed by atoms with Gasteiger partial charge in [0.15, 0.2) is 0 Å². The van der Waals surface area contributed by atoms with Crippen LogP contribution in [0.4, 0.5) is 4.39 Å². The molecule has 1 aliphatic heterocycles. The second kappa shape index (κ2) is 6.84. The number of carbonyl (C=O) groups excluding carboxylic acids is 1. The second-order valence-corrected chi connectivity index (χ2v) is 5.75. The number of amides is 1. The van der Waals surface area contributed by atoms with Crippen molar-refractivity contribution in [3.8, 4) is 0 Å². The van der Waals surface area contributed by atoms with Crippen molar-refractivity contribution >= 4 is 5.91 Å². The Hall–Kier alpha value is -1.42. The van der Waals surface area contributed by atoms with E-state index in [4.69, 9.17) is 0 Å². The van der Waals surface area contributed by atoms with Crippen LogP contribution in [-0.2, 0) is 4.79 Å². The molecule has 110 valence electrons. The minimum Gasteiger partial charge on any atom is -0.352 e. The van der Waals surface area contributed by atoms with E-state index >= 15 is 0 Å². The molecule has 0 unspecified atom stereocenters. The maximum atomic E-state index is 12.9. The van der Waals surface area contributed by atoms with Crippen molar-refractivity contribution in [1.82, 2.24) is 10.2 Å². The SMILES string of the molecule is CC(=O)N[C@@H]1CCCN(C[C@H](C)c2ccc(F)cc2)C1. The molecule has 1 N–H and O–H groups in total. The number of piperidine rings is 1. The quantitative estimate of drug-likeness (QED) is 0.918. The highest BCUT2D eigenvalue weighted by Crippen LogP contribution is 2.19. The first kappa shape index (κ1) is 15.0. The number of nitrogens with one attached hydrogen (secondary N) is 1. The number of halogens is 1. The number of hydrogen-bond donors (Lipinski definition) is 1. The third-order valence-electron chi connectivity index (χ3n) is 3.88. The summed E-state index contributed by atoms with van der Waals surface area (Å²) in [5, 5.41) is 3.00. The van der Waals surface area contributed by atoms with Crippen LogP contribution in [0.15, 0.2) is 24.3 Å². The summed E-state index contributed by atoms with van der Waals surface area (Å²) in [6.45, 7) is 6.66. The van der Waals surface area contributed by atoms with Gasteiger partial charge in [-0.15, -0.1) is 0 Å². The Kier molecular flexibility index (Phi) is 5.12. The number of hydrogen-bond acceptors (Lipinski definition) is 2. The van der Waals surface area contributed by atoms with E-state index in [1.54, 1.807) is 6.92 Å². The van der Waals surface area contributed by atoms with Crippen molar-refractivity contribution < 1.29 is 9.18 Å². The first-order valence-corrected chi connectivity index (χ1v) is 7.29. The molecule has 2 atom stereocenters. The van der Waals surface area contributed by atoms with E-state index in [0.717, 1.165) is 38.0 Å². The largest absolute Gasteiger partial charge is 0.352 e. The summed E-state index contributed by atoms with van der Waals surface area (Å²) in [4.78, 5) is 13.5. The van der Waals surface area contributed by atoms with E-state index in [9.17, 15) is 9.18 Å². The number of benzene rings is 1. The van der Waals surface area contributed by atoms with Crippen LogP contribution < -0.4 is 5.32 Å². The van der Waals surface area contributed by atoms with Crippen LogP contribution in [0.3, 0.4) is 0 Å². The lowest BCUT2D eigenvalue weighted by Gasteiger charge is -2.34. The van der Waals surface area contributed by atoms with Crippen LogP contribution in [-0.4, -0.2) is 36.5 Å². The monoisotopic (exact) mass is 278 g/mol. The van der Waals surface area contributed by atoms with Crippen LogP contribution in [0.2, 0.25) is 0 Å². The Balaban J connectivity index is 1.88. The Labute approximate surface area is 120 Å². The minimum atomic E-state index is -0.190. The number of carbonyl (C=O) groups is 1. The van der Waals surface area contributed by atoms with E-state index in [2.05, 4.69) is 17.1 Å². The van der Waals surface area contributed by atoms with Gasteiger partial charge in [-0.2, -0.15) is 0 Å². The highest BCUT2D eigenvalue weighted by molar-refractivity contribution is 5.73. The van der Waals surface area contributed by atoms with Crippen molar-refractivity contribution in [2.45, 2.75) is 38.6 Å². The molecule has 1 heterocycles. The van der Waals surface area contributed by atoms with Crippen molar-refractivity contribution in [3.05, 3.63) is 35.6 Å². The third kappa shape index (κ3) is 4.30. The van der Waals surface area contributed by atoms with Gasteiger partial charge in [0, 0.05) is 26.1 Å². The predicted octanol–water partition coefficient (Wildman–Crippen LogP) is 2.53. The molecule has 1 aliphatic rings. The highest BCUT2D eigenvalue weighted by Gasteiger charge is 2.21. The summed E-state index contributed by atoms with van der Waals surface area (Å²) in [7, 11) is 0. The zero-order valence-electron chi connectivity index (χ0n) is 12.2. The Morgan fingerprint density at radius 2 is 2.15 bits per heavy atom. The Morgan fingerprint density at radius 1 is 1.45 bits per heavy atom. The minimum absolute atomic E-state index is 0.0448. The zero-order chi connectivity index (χ0) is 14.5. The van der Waals surface area contributed by atoms with Crippen molar-refractivity contribution in [2.24, 2.45) is 0 Å². The fraction of sp³-hybridized carbons (Fsp3) is 0.562. The molecule has 0 saturated carbocycles. The standard InChI is InChI=1S/C16H23FN2O/c1-12(14-5-7-15(17)8-6-14)10-19-9-3-4-16(11-19)18-13(2)20/h5-8,12,16H,3-4,9-11H2,1-2H3,(H,18,20)/t12-,16+/m0/s1. The molecule has 1 fully saturated rings. The van der Waals surface area contributed by atoms with Crippen LogP contribution in [0.5, 0.6) is 0 Å². The summed E-state index contributed by atoms with van der Waals surface area (Å²) in [5.74, 6) is 0.222. The molecule has 2 rings (SSSR count). The Morgan fingerprint density at radius 3 is 2.80 bits per heavy atom. The third-order valence-corrected chi connectivity index (χ3v) is 3.88. The van der Waals surface area contributed by atoms with Gasteiger partial charge in [0.2, 0.25) is 5.91 Å². The lowest BCUT2D eigenvalue weighted by Crippen LogP contribution is -2.47. The van der Waals surface area contributed by atoms with Crippen molar-refractivity contribution in [3.63, 3.8) is 0 Å². The fourth-order valence-corrected chi connectivity index (χ4v) is 2.91. The van der Waals surface area contributed by atoms with Gasteiger partial charge in [-0.1, -0.05) is 19.1 Å². The highest BCUT2D eigenvalue weighted by atomic mass is 19.1. The van der Waals surface area contributed by atoms with E-state index < -0.39 is 0 Å². The van der Waals surface area contributed by atoms with Gasteiger partial charge in [-0.05, 0) is 43.0 Å². The van der Waals surface area contributed by atoms with E-state index in [0.29, 0.717) is 5.92 Å². The van der Waals surface area contributed by atoms with Crippen LogP contribution >= 0.6 is 0 Å². The van der Waals surface area contributed by atoms with Gasteiger partial charge < -0.3 is 10.2 Å². The normalized spacial score (nSPS) is 21.4. The topological polar surface area (TPSA) is 32.3 Å². The molecule has 1 aromatic carbocycles. The van der Waals surface area contributed by atoms with E-state index in [1.165, 1.54) is 12.1 Å². The molecule has 1 amide bonds. The second-order valence-electron chi connectivity index (χ2n) is 5.75. The van der Waals surface area contributed by atoms with Crippen LogP contribution in [0.1, 0.15) is 38.2 Å². The smallest absolute Gasteiger partial charge is 0.217 e. The number of rotatable bonds is 4. The first-order chi connectivity index (χ1) is 9.54. The molecule has 0 spiro atoms. The molecule has 1 aromatic rings. The molecular weight excluding hydrogens is 255 g/mol. The lowest BCUT2D eigenvalue weighted by atomic mass is 9.98. The predicted molar refractivity (Wildman–Crippen MR) is 78.1 cm³/mol. The molecule has 3 nitrogen and oxygen atoms in total. The van der Waals surface area contributed by atoms with Gasteiger partial charge in [-0.3, -0.25) is 4.79 Å². The van der Waals surface area contributed by atoms with Gasteiger partial charge in [0.05, 0.1) is 0 Å². The van der Waals surface area contributed by atoms with Crippen LogP contribution in [0.25, 0.3) is 0 Å². The summed E-state index contributed by atoms with van der Waals surface area (Å²) in [6, 6.07) is 7.01. The molecule has 1 saturated heterocycles. The first-order valence-electron chi connectivity index (χ1n) is 7.29. The molecule has 4 heteroatoms. The summed E-state index contributed by atoms with van der Waals surface area (Å²) in [6.07, 6.45) is 2.17. The average molecular weight is 278 g/mol. The molecule has 0 aliphatic carbocycles. The van der Waals surface area contributed by atoms with Crippen LogP contribution in [0, 0.1) is 5.82 Å². The van der Waals surface area contributed by atoms with Gasteiger partial charge >= 0.3 is 0 Å². The molecule has 0 bridgehead atoms. The fourth-order valence-electron chi connectivity index (χ4n) is 2.91. The number of likely N-dealkylation sites (tertiary alicyclic amines) is 1. The summed E-state index contributed by atoms with van der Waals surface area (Å²) >= 11 is 0. The summed E-state index contributed by atoms with van der Waals surface area (Å²) in [5.41, 5.74) is 1.16. The van der Waals surface area contributed by atoms with E-state index in [1.807, 2.05) is 12.1 Å². The number of nitrogens with zero attached hydrogens (tertiary/aromatic N) is 1. The van der Waals surface area contributed by atoms with Gasteiger partial charge in [-0.25, -0.2) is 4.39 Å². The maximum absolute atomic E-state index is 12.9. The van der Waals surface area contributed by atoms with E-state index in [-0.39, 0.29) is 17.8 Å². The molecule has 20 heavy (non-hydrogen) atoms. The molecular formula is C16H23FN2O. The van der Waals surface area contributed by atoms with Gasteiger partial charge in [0.25, 0.3) is 0 Å². The van der Waals surface area contributed by atoms with Crippen molar-refractivity contribution in [2.75, 3.05) is 19.6 Å².